The lowest BCUT2D eigenvalue weighted by Crippen LogP contribution is -2.47. The summed E-state index contributed by atoms with van der Waals surface area (Å²) < 4.78 is 2.26. The van der Waals surface area contributed by atoms with Crippen molar-refractivity contribution < 1.29 is 4.79 Å². The van der Waals surface area contributed by atoms with Crippen LogP contribution in [0.1, 0.15) is 20.3 Å². The number of aromatic nitrogens is 3. The molecule has 170 valence electrons. The number of anilines is 2. The van der Waals surface area contributed by atoms with E-state index >= 15 is 0 Å². The van der Waals surface area contributed by atoms with E-state index in [0.717, 1.165) is 62.7 Å². The second-order valence-electron chi connectivity index (χ2n) is 8.75. The van der Waals surface area contributed by atoms with E-state index in [9.17, 15) is 4.79 Å². The van der Waals surface area contributed by atoms with Gasteiger partial charge in [0.05, 0.1) is 0 Å². The minimum Gasteiger partial charge on any atom is -0.347 e. The molecule has 2 aromatic heterocycles. The van der Waals surface area contributed by atoms with E-state index in [-0.39, 0.29) is 6.03 Å². The third kappa shape index (κ3) is 5.76. The molecule has 32 heavy (non-hydrogen) atoms. The van der Waals surface area contributed by atoms with Crippen LogP contribution < -0.4 is 15.5 Å². The van der Waals surface area contributed by atoms with Crippen molar-refractivity contribution in [1.82, 2.24) is 24.8 Å². The Hall–Kier alpha value is -3.13. The van der Waals surface area contributed by atoms with Gasteiger partial charge in [-0.15, -0.1) is 0 Å². The number of rotatable bonds is 8. The third-order valence-electron chi connectivity index (χ3n) is 5.73. The first kappa shape index (κ1) is 22.1. The first-order chi connectivity index (χ1) is 15.6. The number of hydrogen-bond donors (Lipinski definition) is 2. The van der Waals surface area contributed by atoms with Gasteiger partial charge < -0.3 is 20.1 Å². The quantitative estimate of drug-likeness (QED) is 0.530. The second kappa shape index (κ2) is 10.5. The van der Waals surface area contributed by atoms with Crippen LogP contribution in [-0.2, 0) is 6.54 Å². The summed E-state index contributed by atoms with van der Waals surface area (Å²) in [6, 6.07) is 9.86. The highest BCUT2D eigenvalue weighted by atomic mass is 16.2. The molecule has 3 heterocycles. The second-order valence-corrected chi connectivity index (χ2v) is 8.75. The topological polar surface area (TPSA) is 78.3 Å². The zero-order valence-electron chi connectivity index (χ0n) is 19.0. The Morgan fingerprint density at radius 1 is 1.09 bits per heavy atom. The molecular weight excluding hydrogens is 402 g/mol. The lowest BCUT2D eigenvalue weighted by molar-refractivity contribution is 0.244. The van der Waals surface area contributed by atoms with Gasteiger partial charge in [0.1, 0.15) is 0 Å². The van der Waals surface area contributed by atoms with Gasteiger partial charge in [0, 0.05) is 74.4 Å². The highest BCUT2D eigenvalue weighted by Gasteiger charge is 2.18. The van der Waals surface area contributed by atoms with Gasteiger partial charge >= 0.3 is 6.03 Å². The third-order valence-corrected chi connectivity index (χ3v) is 5.73. The first-order valence-corrected chi connectivity index (χ1v) is 11.5. The van der Waals surface area contributed by atoms with E-state index < -0.39 is 0 Å². The molecule has 8 nitrogen and oxygen atoms in total. The molecule has 1 aliphatic rings. The van der Waals surface area contributed by atoms with Crippen LogP contribution in [0.15, 0.2) is 48.9 Å². The highest BCUT2D eigenvalue weighted by Crippen LogP contribution is 2.21. The van der Waals surface area contributed by atoms with Gasteiger partial charge in [-0.25, -0.2) is 14.8 Å². The fourth-order valence-electron chi connectivity index (χ4n) is 4.14. The number of benzene rings is 1. The lowest BCUT2D eigenvalue weighted by Gasteiger charge is -2.34. The van der Waals surface area contributed by atoms with Crippen molar-refractivity contribution in [2.75, 3.05) is 49.5 Å². The monoisotopic (exact) mass is 435 g/mol. The van der Waals surface area contributed by atoms with Crippen molar-refractivity contribution in [3.05, 3.63) is 48.9 Å². The van der Waals surface area contributed by atoms with Crippen LogP contribution in [0.25, 0.3) is 10.9 Å². The standard InChI is InChI=1S/C24H33N7O/c1-19(2)18-31-12-7-20-17-21(5-6-22(20)31)28-24(32)27-10-4-11-29-13-15-30(16-14-29)23-25-8-3-9-26-23/h3,5-9,12,17,19H,4,10-11,13-16,18H2,1-2H3,(H2,27,28,32). The molecule has 8 heteroatoms. The van der Waals surface area contributed by atoms with Crippen LogP contribution in [0.3, 0.4) is 0 Å². The van der Waals surface area contributed by atoms with Gasteiger partial charge in [0.2, 0.25) is 5.95 Å². The van der Waals surface area contributed by atoms with E-state index in [1.807, 2.05) is 18.2 Å². The van der Waals surface area contributed by atoms with Crippen molar-refractivity contribution in [3.63, 3.8) is 0 Å². The van der Waals surface area contributed by atoms with Crippen LogP contribution in [0, 0.1) is 5.92 Å². The number of urea groups is 1. The predicted molar refractivity (Wildman–Crippen MR) is 129 cm³/mol. The van der Waals surface area contributed by atoms with Crippen LogP contribution in [0.2, 0.25) is 0 Å². The zero-order chi connectivity index (χ0) is 22.3. The maximum absolute atomic E-state index is 12.3. The van der Waals surface area contributed by atoms with Gasteiger partial charge in [-0.3, -0.25) is 4.90 Å². The Morgan fingerprint density at radius 2 is 1.88 bits per heavy atom. The minimum absolute atomic E-state index is 0.156. The number of piperazine rings is 1. The normalized spacial score (nSPS) is 14.8. The molecule has 1 aliphatic heterocycles. The molecule has 1 fully saturated rings. The zero-order valence-corrected chi connectivity index (χ0v) is 19.0. The summed E-state index contributed by atoms with van der Waals surface area (Å²) in [5, 5.41) is 7.07. The molecule has 2 amide bonds. The van der Waals surface area contributed by atoms with E-state index in [2.05, 4.69) is 67.1 Å². The minimum atomic E-state index is -0.156. The Kier molecular flexibility index (Phi) is 7.21. The van der Waals surface area contributed by atoms with Crippen molar-refractivity contribution in [2.24, 2.45) is 5.92 Å². The average molecular weight is 436 g/mol. The molecule has 3 aromatic rings. The summed E-state index contributed by atoms with van der Waals surface area (Å²) in [6.07, 6.45) is 6.60. The Bertz CT molecular complexity index is 1010. The SMILES string of the molecule is CC(C)Cn1ccc2cc(NC(=O)NCCCN3CCN(c4ncccn4)CC3)ccc21. The van der Waals surface area contributed by atoms with Crippen molar-refractivity contribution in [3.8, 4) is 0 Å². The number of carbonyl (C=O) groups is 1. The highest BCUT2D eigenvalue weighted by molar-refractivity contribution is 5.92. The van der Waals surface area contributed by atoms with Crippen LogP contribution in [0.5, 0.6) is 0 Å². The molecule has 0 saturated carbocycles. The molecule has 0 bridgehead atoms. The van der Waals surface area contributed by atoms with E-state index in [1.54, 1.807) is 12.4 Å². The lowest BCUT2D eigenvalue weighted by atomic mass is 10.2. The van der Waals surface area contributed by atoms with Crippen molar-refractivity contribution >= 4 is 28.6 Å². The summed E-state index contributed by atoms with van der Waals surface area (Å²) in [5.74, 6) is 1.40. The molecule has 1 saturated heterocycles. The Labute approximate surface area is 189 Å². The Balaban J connectivity index is 1.16. The molecule has 0 radical (unpaired) electrons. The smallest absolute Gasteiger partial charge is 0.319 e. The predicted octanol–water partition coefficient (Wildman–Crippen LogP) is 3.42. The molecule has 4 rings (SSSR count). The summed E-state index contributed by atoms with van der Waals surface area (Å²) in [7, 11) is 0. The number of fused-ring (bicyclic) bond motifs is 1. The number of nitrogens with zero attached hydrogens (tertiary/aromatic N) is 5. The molecular formula is C24H33N7O. The number of hydrogen-bond acceptors (Lipinski definition) is 5. The fraction of sp³-hybridized carbons (Fsp3) is 0.458. The van der Waals surface area contributed by atoms with Crippen LogP contribution in [0.4, 0.5) is 16.4 Å². The summed E-state index contributed by atoms with van der Waals surface area (Å²) in [6.45, 7) is 10.9. The van der Waals surface area contributed by atoms with E-state index in [4.69, 9.17) is 0 Å². The number of amides is 2. The largest absolute Gasteiger partial charge is 0.347 e. The molecule has 2 N–H and O–H groups in total. The summed E-state index contributed by atoms with van der Waals surface area (Å²) in [4.78, 5) is 25.6. The molecule has 0 aliphatic carbocycles. The van der Waals surface area contributed by atoms with Crippen molar-refractivity contribution in [1.29, 1.82) is 0 Å². The van der Waals surface area contributed by atoms with Crippen LogP contribution in [-0.4, -0.2) is 64.7 Å². The summed E-state index contributed by atoms with van der Waals surface area (Å²) in [5.41, 5.74) is 2.01. The molecule has 0 unspecified atom stereocenters. The number of carbonyl (C=O) groups excluding carboxylic acids is 1. The molecule has 0 spiro atoms. The van der Waals surface area contributed by atoms with E-state index in [0.29, 0.717) is 12.5 Å². The first-order valence-electron chi connectivity index (χ1n) is 11.5. The fourth-order valence-corrected chi connectivity index (χ4v) is 4.14. The van der Waals surface area contributed by atoms with Crippen LogP contribution >= 0.6 is 0 Å². The van der Waals surface area contributed by atoms with Gasteiger partial charge in [-0.2, -0.15) is 0 Å². The van der Waals surface area contributed by atoms with Gasteiger partial charge in [0.15, 0.2) is 0 Å². The number of nitrogens with one attached hydrogen (secondary N) is 2. The van der Waals surface area contributed by atoms with Gasteiger partial charge in [0.25, 0.3) is 0 Å². The molecule has 0 atom stereocenters. The summed E-state index contributed by atoms with van der Waals surface area (Å²) >= 11 is 0. The van der Waals surface area contributed by atoms with E-state index in [1.165, 1.54) is 5.52 Å². The maximum Gasteiger partial charge on any atom is 0.319 e. The Morgan fingerprint density at radius 3 is 2.62 bits per heavy atom. The maximum atomic E-state index is 12.3. The van der Waals surface area contributed by atoms with Gasteiger partial charge in [-0.1, -0.05) is 13.8 Å². The van der Waals surface area contributed by atoms with Gasteiger partial charge in [-0.05, 0) is 49.2 Å². The average Bonchev–Trinajstić information content (AvgIpc) is 3.19. The van der Waals surface area contributed by atoms with Crippen molar-refractivity contribution in [2.45, 2.75) is 26.8 Å². The molecule has 1 aromatic carbocycles.